The standard InChI is InChI=1S/C15H18N6O2S/c16-14(23)10-5-7-11(8-6-10)17-13(22)9-24-15-18-19-20-21(15)12-3-1-2-4-12/h5-8,12H,1-4,9H2,(H2,16,23)(H,17,22). The molecule has 0 spiro atoms. The van der Waals surface area contributed by atoms with Crippen molar-refractivity contribution in [2.45, 2.75) is 36.9 Å². The Bertz CT molecular complexity index is 724. The summed E-state index contributed by atoms with van der Waals surface area (Å²) in [6, 6.07) is 6.78. The number of tetrazole rings is 1. The molecule has 1 aromatic heterocycles. The first-order valence-corrected chi connectivity index (χ1v) is 8.72. The first kappa shape index (κ1) is 16.4. The molecule has 3 N–H and O–H groups in total. The number of amides is 2. The Morgan fingerprint density at radius 2 is 1.96 bits per heavy atom. The largest absolute Gasteiger partial charge is 0.366 e. The van der Waals surface area contributed by atoms with E-state index in [2.05, 4.69) is 20.8 Å². The van der Waals surface area contributed by atoms with Gasteiger partial charge < -0.3 is 11.1 Å². The summed E-state index contributed by atoms with van der Waals surface area (Å²) in [4.78, 5) is 23.1. The lowest BCUT2D eigenvalue weighted by Crippen LogP contribution is -2.16. The van der Waals surface area contributed by atoms with Crippen LogP contribution in [0.25, 0.3) is 0 Å². The number of nitrogens with two attached hydrogens (primary N) is 1. The van der Waals surface area contributed by atoms with Crippen LogP contribution in [0.1, 0.15) is 42.1 Å². The van der Waals surface area contributed by atoms with Gasteiger partial charge in [-0.1, -0.05) is 24.6 Å². The zero-order chi connectivity index (χ0) is 16.9. The molecule has 9 heteroatoms. The zero-order valence-electron chi connectivity index (χ0n) is 13.0. The molecule has 3 rings (SSSR count). The summed E-state index contributed by atoms with van der Waals surface area (Å²) in [6.07, 6.45) is 4.54. The van der Waals surface area contributed by atoms with Gasteiger partial charge in [0, 0.05) is 11.3 Å². The van der Waals surface area contributed by atoms with Gasteiger partial charge in [-0.3, -0.25) is 9.59 Å². The lowest BCUT2D eigenvalue weighted by Gasteiger charge is -2.10. The van der Waals surface area contributed by atoms with Crippen molar-refractivity contribution < 1.29 is 9.59 Å². The average molecular weight is 346 g/mol. The molecule has 0 aliphatic heterocycles. The number of nitrogens with one attached hydrogen (secondary N) is 1. The number of thioether (sulfide) groups is 1. The molecule has 2 aromatic rings. The number of anilines is 1. The monoisotopic (exact) mass is 346 g/mol. The van der Waals surface area contributed by atoms with Crippen LogP contribution in [0.5, 0.6) is 0 Å². The Kier molecular flexibility index (Phi) is 5.09. The van der Waals surface area contributed by atoms with Crippen LogP contribution in [0.4, 0.5) is 5.69 Å². The van der Waals surface area contributed by atoms with E-state index in [0.717, 1.165) is 12.8 Å². The third-order valence-corrected chi connectivity index (χ3v) is 4.85. The number of primary amides is 1. The highest BCUT2D eigenvalue weighted by molar-refractivity contribution is 7.99. The highest BCUT2D eigenvalue weighted by atomic mass is 32.2. The van der Waals surface area contributed by atoms with Crippen molar-refractivity contribution in [2.24, 2.45) is 5.73 Å². The molecule has 1 heterocycles. The van der Waals surface area contributed by atoms with Crippen molar-refractivity contribution >= 4 is 29.3 Å². The molecule has 1 fully saturated rings. The fourth-order valence-electron chi connectivity index (χ4n) is 2.70. The van der Waals surface area contributed by atoms with Gasteiger partial charge in [-0.15, -0.1) is 5.10 Å². The number of aromatic nitrogens is 4. The van der Waals surface area contributed by atoms with Crippen molar-refractivity contribution in [2.75, 3.05) is 11.1 Å². The third-order valence-electron chi connectivity index (χ3n) is 3.92. The highest BCUT2D eigenvalue weighted by Crippen LogP contribution is 2.31. The second-order valence-electron chi connectivity index (χ2n) is 5.62. The molecule has 0 atom stereocenters. The first-order valence-electron chi connectivity index (χ1n) is 7.74. The second-order valence-corrected chi connectivity index (χ2v) is 6.57. The van der Waals surface area contributed by atoms with Crippen LogP contribution in [-0.4, -0.2) is 37.8 Å². The van der Waals surface area contributed by atoms with Gasteiger partial charge in [-0.2, -0.15) is 0 Å². The minimum atomic E-state index is -0.498. The molecule has 0 radical (unpaired) electrons. The smallest absolute Gasteiger partial charge is 0.248 e. The summed E-state index contributed by atoms with van der Waals surface area (Å²) in [6.45, 7) is 0. The van der Waals surface area contributed by atoms with Gasteiger partial charge >= 0.3 is 0 Å². The molecule has 2 amide bonds. The van der Waals surface area contributed by atoms with Crippen LogP contribution >= 0.6 is 11.8 Å². The van der Waals surface area contributed by atoms with Crippen LogP contribution in [-0.2, 0) is 4.79 Å². The maximum Gasteiger partial charge on any atom is 0.248 e. The quantitative estimate of drug-likeness (QED) is 0.768. The Morgan fingerprint density at radius 1 is 1.25 bits per heavy atom. The summed E-state index contributed by atoms with van der Waals surface area (Å²) in [5.41, 5.74) is 6.20. The van der Waals surface area contributed by atoms with E-state index in [9.17, 15) is 9.59 Å². The van der Waals surface area contributed by atoms with Crippen LogP contribution in [0.3, 0.4) is 0 Å². The van der Waals surface area contributed by atoms with Crippen LogP contribution in [0.15, 0.2) is 29.4 Å². The van der Waals surface area contributed by atoms with E-state index in [0.29, 0.717) is 22.4 Å². The first-order chi connectivity index (χ1) is 11.6. The highest BCUT2D eigenvalue weighted by Gasteiger charge is 2.22. The summed E-state index contributed by atoms with van der Waals surface area (Å²) >= 11 is 1.32. The van der Waals surface area contributed by atoms with Gasteiger partial charge in [0.15, 0.2) is 0 Å². The molecule has 1 aliphatic carbocycles. The maximum absolute atomic E-state index is 12.1. The molecule has 24 heavy (non-hydrogen) atoms. The van der Waals surface area contributed by atoms with E-state index in [1.54, 1.807) is 24.3 Å². The van der Waals surface area contributed by atoms with Crippen molar-refractivity contribution in [3.63, 3.8) is 0 Å². The second kappa shape index (κ2) is 7.43. The fraction of sp³-hybridized carbons (Fsp3) is 0.400. The van der Waals surface area contributed by atoms with Gasteiger partial charge in [0.05, 0.1) is 11.8 Å². The Labute approximate surface area is 143 Å². The summed E-state index contributed by atoms with van der Waals surface area (Å²) in [7, 11) is 0. The Hall–Kier alpha value is -2.42. The van der Waals surface area contributed by atoms with Crippen LogP contribution in [0, 0.1) is 0 Å². The zero-order valence-corrected chi connectivity index (χ0v) is 13.8. The van der Waals surface area contributed by atoms with E-state index in [4.69, 9.17) is 5.73 Å². The predicted molar refractivity (Wildman–Crippen MR) is 89.6 cm³/mol. The number of benzene rings is 1. The molecule has 1 aliphatic rings. The Morgan fingerprint density at radius 3 is 2.62 bits per heavy atom. The van der Waals surface area contributed by atoms with Gasteiger partial charge in [-0.05, 0) is 47.5 Å². The SMILES string of the molecule is NC(=O)c1ccc(NC(=O)CSc2nnnn2C2CCCC2)cc1. The van der Waals surface area contributed by atoms with Crippen LogP contribution < -0.4 is 11.1 Å². The van der Waals surface area contributed by atoms with Gasteiger partial charge in [-0.25, -0.2) is 4.68 Å². The molecular weight excluding hydrogens is 328 g/mol. The van der Waals surface area contributed by atoms with E-state index >= 15 is 0 Å². The van der Waals surface area contributed by atoms with E-state index in [-0.39, 0.29) is 11.7 Å². The number of carbonyl (C=O) groups excluding carboxylic acids is 2. The Balaban J connectivity index is 1.54. The molecular formula is C15H18N6O2S. The summed E-state index contributed by atoms with van der Waals surface area (Å²) in [5, 5.41) is 15.2. The van der Waals surface area contributed by atoms with Crippen molar-refractivity contribution in [1.82, 2.24) is 20.2 Å². The fourth-order valence-corrected chi connectivity index (χ4v) is 3.45. The topological polar surface area (TPSA) is 116 Å². The molecule has 126 valence electrons. The lowest BCUT2D eigenvalue weighted by molar-refractivity contribution is -0.113. The van der Waals surface area contributed by atoms with E-state index in [1.165, 1.54) is 24.6 Å². The normalized spacial score (nSPS) is 14.7. The van der Waals surface area contributed by atoms with E-state index < -0.39 is 5.91 Å². The molecule has 0 bridgehead atoms. The number of carbonyl (C=O) groups is 2. The summed E-state index contributed by atoms with van der Waals surface area (Å²) in [5.74, 6) is -0.444. The van der Waals surface area contributed by atoms with Gasteiger partial charge in [0.2, 0.25) is 17.0 Å². The van der Waals surface area contributed by atoms with Gasteiger partial charge in [0.1, 0.15) is 0 Å². The molecule has 1 saturated carbocycles. The number of hydrogen-bond acceptors (Lipinski definition) is 6. The minimum absolute atomic E-state index is 0.159. The van der Waals surface area contributed by atoms with E-state index in [1.807, 2.05) is 4.68 Å². The van der Waals surface area contributed by atoms with Crippen molar-refractivity contribution in [3.8, 4) is 0 Å². The molecule has 1 aromatic carbocycles. The minimum Gasteiger partial charge on any atom is -0.366 e. The molecule has 0 saturated heterocycles. The predicted octanol–water partition coefficient (Wildman–Crippen LogP) is 1.62. The number of hydrogen-bond donors (Lipinski definition) is 2. The lowest BCUT2D eigenvalue weighted by atomic mass is 10.2. The van der Waals surface area contributed by atoms with Crippen LogP contribution in [0.2, 0.25) is 0 Å². The van der Waals surface area contributed by atoms with Crippen molar-refractivity contribution in [3.05, 3.63) is 29.8 Å². The average Bonchev–Trinajstić information content (AvgIpc) is 3.24. The number of rotatable bonds is 6. The molecule has 8 nitrogen and oxygen atoms in total. The molecule has 0 unspecified atom stereocenters. The maximum atomic E-state index is 12.1. The van der Waals surface area contributed by atoms with Crippen molar-refractivity contribution in [1.29, 1.82) is 0 Å². The van der Waals surface area contributed by atoms with Gasteiger partial charge in [0.25, 0.3) is 0 Å². The third kappa shape index (κ3) is 3.91. The number of nitrogens with zero attached hydrogens (tertiary/aromatic N) is 4. The summed E-state index contributed by atoms with van der Waals surface area (Å²) < 4.78 is 1.83.